The van der Waals surface area contributed by atoms with Crippen molar-refractivity contribution in [2.75, 3.05) is 26.2 Å². The zero-order valence-corrected chi connectivity index (χ0v) is 20.3. The second-order valence-corrected chi connectivity index (χ2v) is 7.89. The Morgan fingerprint density at radius 1 is 1.18 bits per heavy atom. The average Bonchev–Trinajstić information content (AvgIpc) is 2.97. The van der Waals surface area contributed by atoms with E-state index >= 15 is 0 Å². The standard InChI is InChI=1S/C21H39N5O.HI/c1-4-5-6-7-8-9-12-23-21(22)24-15-19-10-13-26(14-11-19)16-20-25-17(2)18(3)27-20;/h19H,4-16H2,1-3H3,(H3,22,23,24);1H. The van der Waals surface area contributed by atoms with E-state index in [4.69, 9.17) is 10.2 Å². The number of nitrogens with one attached hydrogen (secondary N) is 1. The quantitative estimate of drug-likeness (QED) is 0.202. The zero-order chi connectivity index (χ0) is 19.5. The highest BCUT2D eigenvalue weighted by Crippen LogP contribution is 2.20. The smallest absolute Gasteiger partial charge is 0.208 e. The SMILES string of the molecule is CCCCCCCCNC(N)=NCC1CCN(Cc2nc(C)c(C)o2)CC1.I. The summed E-state index contributed by atoms with van der Waals surface area (Å²) in [5.74, 6) is 3.00. The van der Waals surface area contributed by atoms with E-state index in [9.17, 15) is 0 Å². The summed E-state index contributed by atoms with van der Waals surface area (Å²) in [4.78, 5) is 11.5. The molecule has 1 aromatic heterocycles. The van der Waals surface area contributed by atoms with E-state index in [1.165, 1.54) is 38.5 Å². The molecule has 28 heavy (non-hydrogen) atoms. The lowest BCUT2D eigenvalue weighted by Crippen LogP contribution is -2.36. The maximum Gasteiger partial charge on any atom is 0.208 e. The molecule has 0 radical (unpaired) electrons. The molecule has 0 amide bonds. The van der Waals surface area contributed by atoms with Gasteiger partial charge in [0.1, 0.15) is 5.76 Å². The third kappa shape index (κ3) is 9.58. The molecule has 2 rings (SSSR count). The minimum absolute atomic E-state index is 0. The minimum atomic E-state index is 0. The number of unbranched alkanes of at least 4 members (excludes halogenated alkanes) is 5. The van der Waals surface area contributed by atoms with Gasteiger partial charge in [0.25, 0.3) is 0 Å². The highest BCUT2D eigenvalue weighted by atomic mass is 127. The van der Waals surface area contributed by atoms with Crippen LogP contribution in [-0.4, -0.2) is 42.0 Å². The van der Waals surface area contributed by atoms with Gasteiger partial charge in [-0.25, -0.2) is 4.98 Å². The van der Waals surface area contributed by atoms with Crippen molar-refractivity contribution in [3.8, 4) is 0 Å². The lowest BCUT2D eigenvalue weighted by atomic mass is 9.97. The van der Waals surface area contributed by atoms with Crippen LogP contribution in [0.5, 0.6) is 0 Å². The Bertz CT molecular complexity index is 548. The van der Waals surface area contributed by atoms with Crippen molar-refractivity contribution in [1.29, 1.82) is 0 Å². The predicted molar refractivity (Wildman–Crippen MR) is 127 cm³/mol. The minimum Gasteiger partial charge on any atom is -0.444 e. The maximum atomic E-state index is 6.01. The van der Waals surface area contributed by atoms with Gasteiger partial charge in [0.15, 0.2) is 5.96 Å². The molecule has 1 saturated heterocycles. The van der Waals surface area contributed by atoms with Crippen LogP contribution in [0.2, 0.25) is 0 Å². The third-order valence-corrected chi connectivity index (χ3v) is 5.50. The highest BCUT2D eigenvalue weighted by molar-refractivity contribution is 14.0. The molecular weight excluding hydrogens is 465 g/mol. The first-order chi connectivity index (χ1) is 13.1. The first kappa shape index (κ1) is 25.2. The summed E-state index contributed by atoms with van der Waals surface area (Å²) < 4.78 is 5.70. The second-order valence-electron chi connectivity index (χ2n) is 7.89. The largest absolute Gasteiger partial charge is 0.444 e. The number of likely N-dealkylation sites (tertiary alicyclic amines) is 1. The second kappa shape index (κ2) is 14.2. The number of halogens is 1. The topological polar surface area (TPSA) is 79.7 Å². The van der Waals surface area contributed by atoms with Crippen LogP contribution in [0.1, 0.15) is 75.6 Å². The molecule has 6 nitrogen and oxygen atoms in total. The molecule has 1 aliphatic heterocycles. The van der Waals surface area contributed by atoms with Gasteiger partial charge in [-0.1, -0.05) is 39.0 Å². The molecule has 1 aliphatic rings. The van der Waals surface area contributed by atoms with Gasteiger partial charge in [0.2, 0.25) is 5.89 Å². The Morgan fingerprint density at radius 3 is 2.50 bits per heavy atom. The van der Waals surface area contributed by atoms with Crippen LogP contribution in [0, 0.1) is 19.8 Å². The molecule has 7 heteroatoms. The van der Waals surface area contributed by atoms with Crippen molar-refractivity contribution < 1.29 is 4.42 Å². The van der Waals surface area contributed by atoms with E-state index in [2.05, 4.69) is 27.1 Å². The molecule has 0 unspecified atom stereocenters. The number of guanidine groups is 1. The van der Waals surface area contributed by atoms with Crippen molar-refractivity contribution in [2.45, 2.75) is 78.7 Å². The summed E-state index contributed by atoms with van der Waals surface area (Å²) >= 11 is 0. The van der Waals surface area contributed by atoms with Crippen LogP contribution in [0.15, 0.2) is 9.41 Å². The first-order valence-corrected chi connectivity index (χ1v) is 10.8. The summed E-state index contributed by atoms with van der Waals surface area (Å²) in [5, 5.41) is 3.26. The molecule has 0 spiro atoms. The Hall–Kier alpha value is -0.830. The number of oxazole rings is 1. The van der Waals surface area contributed by atoms with Crippen LogP contribution in [0.4, 0.5) is 0 Å². The van der Waals surface area contributed by atoms with Gasteiger partial charge in [-0.05, 0) is 52.1 Å². The normalized spacial score (nSPS) is 16.2. The van der Waals surface area contributed by atoms with Gasteiger partial charge in [0.05, 0.1) is 12.2 Å². The van der Waals surface area contributed by atoms with E-state index in [1.54, 1.807) is 0 Å². The van der Waals surface area contributed by atoms with Crippen LogP contribution in [0.25, 0.3) is 0 Å². The molecule has 162 valence electrons. The molecule has 2 heterocycles. The molecule has 1 aromatic rings. The van der Waals surface area contributed by atoms with Crippen molar-refractivity contribution >= 4 is 29.9 Å². The van der Waals surface area contributed by atoms with Crippen LogP contribution >= 0.6 is 24.0 Å². The van der Waals surface area contributed by atoms with Crippen LogP contribution in [0.3, 0.4) is 0 Å². The summed E-state index contributed by atoms with van der Waals surface area (Å²) in [6, 6.07) is 0. The van der Waals surface area contributed by atoms with Gasteiger partial charge in [0, 0.05) is 13.1 Å². The molecule has 3 N–H and O–H groups in total. The Balaban J connectivity index is 0.00000392. The van der Waals surface area contributed by atoms with Crippen molar-refractivity contribution in [3.05, 3.63) is 17.3 Å². The molecule has 0 aromatic carbocycles. The number of piperidine rings is 1. The van der Waals surface area contributed by atoms with E-state index in [-0.39, 0.29) is 24.0 Å². The van der Waals surface area contributed by atoms with Crippen molar-refractivity contribution in [1.82, 2.24) is 15.2 Å². The molecule has 0 atom stereocenters. The highest BCUT2D eigenvalue weighted by Gasteiger charge is 2.20. The summed E-state index contributed by atoms with van der Waals surface area (Å²) in [5.41, 5.74) is 7.01. The van der Waals surface area contributed by atoms with Gasteiger partial charge in [-0.15, -0.1) is 24.0 Å². The van der Waals surface area contributed by atoms with E-state index in [0.29, 0.717) is 11.9 Å². The fraction of sp³-hybridized carbons (Fsp3) is 0.810. The van der Waals surface area contributed by atoms with Crippen molar-refractivity contribution in [3.63, 3.8) is 0 Å². The molecule has 0 bridgehead atoms. The lowest BCUT2D eigenvalue weighted by molar-refractivity contribution is 0.166. The maximum absolute atomic E-state index is 6.01. The zero-order valence-electron chi connectivity index (χ0n) is 18.0. The predicted octanol–water partition coefficient (Wildman–Crippen LogP) is 4.39. The van der Waals surface area contributed by atoms with Gasteiger partial charge >= 0.3 is 0 Å². The summed E-state index contributed by atoms with van der Waals surface area (Å²) in [7, 11) is 0. The molecule has 0 aliphatic carbocycles. The molecular formula is C21H40IN5O. The summed E-state index contributed by atoms with van der Waals surface area (Å²) in [6.45, 7) is 11.0. The summed E-state index contributed by atoms with van der Waals surface area (Å²) in [6.07, 6.45) is 10.1. The van der Waals surface area contributed by atoms with Gasteiger partial charge in [-0.2, -0.15) is 0 Å². The lowest BCUT2D eigenvalue weighted by Gasteiger charge is -2.30. The number of rotatable bonds is 11. The monoisotopic (exact) mass is 505 g/mol. The van der Waals surface area contributed by atoms with Crippen molar-refractivity contribution in [2.24, 2.45) is 16.6 Å². The fourth-order valence-corrected chi connectivity index (χ4v) is 3.53. The first-order valence-electron chi connectivity index (χ1n) is 10.8. The third-order valence-electron chi connectivity index (χ3n) is 5.50. The van der Waals surface area contributed by atoms with Crippen LogP contribution < -0.4 is 11.1 Å². The fourth-order valence-electron chi connectivity index (χ4n) is 3.53. The number of aryl methyl sites for hydroxylation is 2. The number of nitrogens with zero attached hydrogens (tertiary/aromatic N) is 3. The average molecular weight is 505 g/mol. The molecule has 0 saturated carbocycles. The Labute approximate surface area is 188 Å². The number of nitrogens with two attached hydrogens (primary N) is 1. The number of aromatic nitrogens is 1. The number of hydrogen-bond acceptors (Lipinski definition) is 4. The van der Waals surface area contributed by atoms with Crippen LogP contribution in [-0.2, 0) is 6.54 Å². The van der Waals surface area contributed by atoms with E-state index in [1.807, 2.05) is 13.8 Å². The number of aliphatic imine (C=N–C) groups is 1. The Morgan fingerprint density at radius 2 is 1.86 bits per heavy atom. The van der Waals surface area contributed by atoms with E-state index < -0.39 is 0 Å². The van der Waals surface area contributed by atoms with E-state index in [0.717, 1.165) is 62.9 Å². The Kier molecular flexibility index (Phi) is 12.8. The number of hydrogen-bond donors (Lipinski definition) is 2. The van der Waals surface area contributed by atoms with Gasteiger partial charge in [-0.3, -0.25) is 9.89 Å². The van der Waals surface area contributed by atoms with Gasteiger partial charge < -0.3 is 15.5 Å². The molecule has 1 fully saturated rings.